The lowest BCUT2D eigenvalue weighted by Gasteiger charge is -2.11. The second-order valence-electron chi connectivity index (χ2n) is 5.22. The number of hydrogen-bond acceptors (Lipinski definition) is 4. The summed E-state index contributed by atoms with van der Waals surface area (Å²) in [5.74, 6) is -0.813. The fourth-order valence-corrected chi connectivity index (χ4v) is 2.33. The number of halogens is 1. The number of rotatable bonds is 6. The topological polar surface area (TPSA) is 101 Å². The summed E-state index contributed by atoms with van der Waals surface area (Å²) >= 11 is 6.07. The van der Waals surface area contributed by atoms with Gasteiger partial charge >= 0.3 is 0 Å². The Hall–Kier alpha value is -2.93. The van der Waals surface area contributed by atoms with E-state index in [0.717, 1.165) is 0 Å². The van der Waals surface area contributed by atoms with E-state index < -0.39 is 10.8 Å². The summed E-state index contributed by atoms with van der Waals surface area (Å²) in [4.78, 5) is 34.4. The summed E-state index contributed by atoms with van der Waals surface area (Å²) in [6, 6.07) is 10.3. The van der Waals surface area contributed by atoms with Crippen molar-refractivity contribution >= 4 is 40.5 Å². The first-order valence-corrected chi connectivity index (χ1v) is 7.94. The Morgan fingerprint density at radius 3 is 2.56 bits per heavy atom. The standard InChI is InChI=1S/C17H16ClN3O4/c1-2-5-16(22)19-11-8-9-13(18)14(10-11)20-17(23)12-6-3-4-7-15(12)21(24)25/h3-4,6-10H,2,5H2,1H3,(H,19,22)(H,20,23). The largest absolute Gasteiger partial charge is 0.326 e. The van der Waals surface area contributed by atoms with Gasteiger partial charge in [-0.2, -0.15) is 0 Å². The molecule has 0 spiro atoms. The predicted molar refractivity (Wildman–Crippen MR) is 96.0 cm³/mol. The lowest BCUT2D eigenvalue weighted by Crippen LogP contribution is -2.15. The van der Waals surface area contributed by atoms with Gasteiger partial charge in [-0.1, -0.05) is 30.7 Å². The molecule has 0 bridgehead atoms. The molecule has 0 saturated heterocycles. The van der Waals surface area contributed by atoms with Gasteiger partial charge in [0.1, 0.15) is 5.56 Å². The van der Waals surface area contributed by atoms with Crippen LogP contribution >= 0.6 is 11.6 Å². The molecular formula is C17H16ClN3O4. The number of nitro benzene ring substituents is 1. The molecule has 0 radical (unpaired) electrons. The van der Waals surface area contributed by atoms with E-state index in [1.807, 2.05) is 6.92 Å². The zero-order valence-electron chi connectivity index (χ0n) is 13.4. The van der Waals surface area contributed by atoms with Crippen LogP contribution in [0.4, 0.5) is 17.1 Å². The van der Waals surface area contributed by atoms with E-state index in [-0.39, 0.29) is 27.9 Å². The van der Waals surface area contributed by atoms with Crippen LogP contribution < -0.4 is 10.6 Å². The van der Waals surface area contributed by atoms with Gasteiger partial charge in [0, 0.05) is 18.2 Å². The van der Waals surface area contributed by atoms with E-state index in [0.29, 0.717) is 18.5 Å². The zero-order valence-corrected chi connectivity index (χ0v) is 14.2. The van der Waals surface area contributed by atoms with E-state index >= 15 is 0 Å². The first-order valence-electron chi connectivity index (χ1n) is 7.56. The van der Waals surface area contributed by atoms with Crippen molar-refractivity contribution in [1.82, 2.24) is 0 Å². The van der Waals surface area contributed by atoms with Gasteiger partial charge in [-0.15, -0.1) is 0 Å². The van der Waals surface area contributed by atoms with Crippen molar-refractivity contribution in [2.24, 2.45) is 0 Å². The molecule has 0 aliphatic heterocycles. The van der Waals surface area contributed by atoms with Crippen LogP contribution in [0.5, 0.6) is 0 Å². The van der Waals surface area contributed by atoms with Crippen LogP contribution in [0.2, 0.25) is 5.02 Å². The number of carbonyl (C=O) groups is 2. The van der Waals surface area contributed by atoms with E-state index in [1.165, 1.54) is 36.4 Å². The first kappa shape index (κ1) is 18.4. The predicted octanol–water partition coefficient (Wildman–Crippen LogP) is 4.24. The average molecular weight is 362 g/mol. The van der Waals surface area contributed by atoms with Crippen molar-refractivity contribution in [2.45, 2.75) is 19.8 Å². The van der Waals surface area contributed by atoms with Gasteiger partial charge in [0.25, 0.3) is 11.6 Å². The third-order valence-electron chi connectivity index (χ3n) is 3.32. The molecule has 0 saturated carbocycles. The van der Waals surface area contributed by atoms with E-state index in [2.05, 4.69) is 10.6 Å². The summed E-state index contributed by atoms with van der Waals surface area (Å²) in [5.41, 5.74) is 0.340. The van der Waals surface area contributed by atoms with Crippen LogP contribution in [-0.2, 0) is 4.79 Å². The minimum Gasteiger partial charge on any atom is -0.326 e. The normalized spacial score (nSPS) is 10.2. The molecule has 130 valence electrons. The number of hydrogen-bond donors (Lipinski definition) is 2. The molecule has 0 heterocycles. The smallest absolute Gasteiger partial charge is 0.282 e. The van der Waals surface area contributed by atoms with Gasteiger partial charge in [0.15, 0.2) is 0 Å². The molecule has 0 aromatic heterocycles. The van der Waals surface area contributed by atoms with Crippen LogP contribution in [0.15, 0.2) is 42.5 Å². The quantitative estimate of drug-likeness (QED) is 0.593. The maximum atomic E-state index is 12.4. The summed E-state index contributed by atoms with van der Waals surface area (Å²) in [7, 11) is 0. The van der Waals surface area contributed by atoms with Crippen LogP contribution in [0.3, 0.4) is 0 Å². The molecule has 0 aliphatic carbocycles. The third kappa shape index (κ3) is 4.77. The van der Waals surface area contributed by atoms with Crippen molar-refractivity contribution in [3.8, 4) is 0 Å². The van der Waals surface area contributed by atoms with Crippen molar-refractivity contribution in [3.63, 3.8) is 0 Å². The Bertz CT molecular complexity index is 823. The molecule has 2 aromatic carbocycles. The summed E-state index contributed by atoms with van der Waals surface area (Å²) < 4.78 is 0. The second kappa shape index (κ2) is 8.25. The lowest BCUT2D eigenvalue weighted by atomic mass is 10.1. The average Bonchev–Trinajstić information content (AvgIpc) is 2.58. The molecule has 0 aliphatic rings. The van der Waals surface area contributed by atoms with E-state index in [1.54, 1.807) is 6.07 Å². The SMILES string of the molecule is CCCC(=O)Nc1ccc(Cl)c(NC(=O)c2ccccc2[N+](=O)[O-])c1. The van der Waals surface area contributed by atoms with Crippen LogP contribution in [0.25, 0.3) is 0 Å². The molecular weight excluding hydrogens is 346 g/mol. The highest BCUT2D eigenvalue weighted by molar-refractivity contribution is 6.34. The van der Waals surface area contributed by atoms with Crippen LogP contribution in [0, 0.1) is 10.1 Å². The number of anilines is 2. The van der Waals surface area contributed by atoms with E-state index in [4.69, 9.17) is 11.6 Å². The minimum atomic E-state index is -0.661. The molecule has 2 N–H and O–H groups in total. The highest BCUT2D eigenvalue weighted by Crippen LogP contribution is 2.27. The molecule has 0 atom stereocenters. The fourth-order valence-electron chi connectivity index (χ4n) is 2.16. The van der Waals surface area contributed by atoms with Gasteiger partial charge in [0.05, 0.1) is 15.6 Å². The van der Waals surface area contributed by atoms with Crippen molar-refractivity contribution < 1.29 is 14.5 Å². The Morgan fingerprint density at radius 2 is 1.88 bits per heavy atom. The van der Waals surface area contributed by atoms with Crippen molar-refractivity contribution in [1.29, 1.82) is 0 Å². The first-order chi connectivity index (χ1) is 11.9. The van der Waals surface area contributed by atoms with Gasteiger partial charge in [-0.3, -0.25) is 19.7 Å². The summed E-state index contributed by atoms with van der Waals surface area (Å²) in [6.07, 6.45) is 1.08. The summed E-state index contributed by atoms with van der Waals surface area (Å²) in [5, 5.41) is 16.5. The van der Waals surface area contributed by atoms with Crippen molar-refractivity contribution in [3.05, 3.63) is 63.2 Å². The number of amides is 2. The van der Waals surface area contributed by atoms with Gasteiger partial charge in [-0.25, -0.2) is 0 Å². The Labute approximate surface area is 149 Å². The Balaban J connectivity index is 2.23. The van der Waals surface area contributed by atoms with Gasteiger partial charge in [-0.05, 0) is 30.7 Å². The molecule has 8 heteroatoms. The molecule has 2 amide bonds. The fraction of sp³-hybridized carbons (Fsp3) is 0.176. The number of nitrogens with zero attached hydrogens (tertiary/aromatic N) is 1. The van der Waals surface area contributed by atoms with Crippen molar-refractivity contribution in [2.75, 3.05) is 10.6 Å². The number of carbonyl (C=O) groups excluding carboxylic acids is 2. The minimum absolute atomic E-state index is 0.0796. The number of nitrogens with one attached hydrogen (secondary N) is 2. The second-order valence-corrected chi connectivity index (χ2v) is 5.63. The number of para-hydroxylation sites is 1. The van der Waals surface area contributed by atoms with Gasteiger partial charge < -0.3 is 10.6 Å². The third-order valence-corrected chi connectivity index (χ3v) is 3.65. The van der Waals surface area contributed by atoms with Crippen LogP contribution in [-0.4, -0.2) is 16.7 Å². The van der Waals surface area contributed by atoms with Crippen LogP contribution in [0.1, 0.15) is 30.1 Å². The Kier molecular flexibility index (Phi) is 6.08. The number of benzene rings is 2. The summed E-state index contributed by atoms with van der Waals surface area (Å²) in [6.45, 7) is 1.89. The molecule has 0 fully saturated rings. The highest BCUT2D eigenvalue weighted by Gasteiger charge is 2.20. The maximum absolute atomic E-state index is 12.4. The Morgan fingerprint density at radius 1 is 1.16 bits per heavy atom. The zero-order chi connectivity index (χ0) is 18.4. The molecule has 7 nitrogen and oxygen atoms in total. The lowest BCUT2D eigenvalue weighted by molar-refractivity contribution is -0.385. The molecule has 2 rings (SSSR count). The van der Waals surface area contributed by atoms with E-state index in [9.17, 15) is 19.7 Å². The molecule has 2 aromatic rings. The molecule has 25 heavy (non-hydrogen) atoms. The maximum Gasteiger partial charge on any atom is 0.282 e. The number of nitro groups is 1. The highest BCUT2D eigenvalue weighted by atomic mass is 35.5. The molecule has 0 unspecified atom stereocenters. The monoisotopic (exact) mass is 361 g/mol. The van der Waals surface area contributed by atoms with Gasteiger partial charge in [0.2, 0.25) is 5.91 Å².